The van der Waals surface area contributed by atoms with Crippen molar-refractivity contribution < 1.29 is 30.2 Å². The summed E-state index contributed by atoms with van der Waals surface area (Å²) in [4.78, 5) is -1.22. The molecule has 0 amide bonds. The molecule has 0 aromatic heterocycles. The maximum atomic E-state index is 12.9. The molecule has 0 aliphatic heterocycles. The van der Waals surface area contributed by atoms with Crippen LogP contribution in [-0.4, -0.2) is 15.0 Å². The van der Waals surface area contributed by atoms with E-state index in [9.17, 15) is 25.5 Å². The van der Waals surface area contributed by atoms with Crippen LogP contribution in [0.1, 0.15) is 0 Å². The molecule has 0 atom stereocenters. The zero-order valence-electron chi connectivity index (χ0n) is 6.95. The second kappa shape index (κ2) is 4.05. The summed E-state index contributed by atoms with van der Waals surface area (Å²) in [5, 5.41) is 0. The van der Waals surface area contributed by atoms with Gasteiger partial charge in [-0.25, -0.2) is 4.39 Å². The predicted octanol–water partition coefficient (Wildman–Crippen LogP) is 2.09. The maximum absolute atomic E-state index is 12.9. The number of ether oxygens (including phenoxy) is 1. The molecule has 84 valence electrons. The van der Waals surface area contributed by atoms with Crippen LogP contribution in [0.5, 0.6) is 5.75 Å². The molecule has 0 saturated heterocycles. The van der Waals surface area contributed by atoms with Gasteiger partial charge in [-0.15, -0.1) is 3.89 Å². The van der Waals surface area contributed by atoms with Gasteiger partial charge >= 0.3 is 16.8 Å². The van der Waals surface area contributed by atoms with E-state index in [1.807, 2.05) is 0 Å². The molecule has 0 aliphatic carbocycles. The number of hydrogen-bond donors (Lipinski definition) is 0. The molecule has 0 unspecified atom stereocenters. The lowest BCUT2D eigenvalue weighted by atomic mass is 10.3. The Morgan fingerprint density at radius 3 is 2.27 bits per heavy atom. The lowest BCUT2D eigenvalue weighted by Gasteiger charge is -2.04. The summed E-state index contributed by atoms with van der Waals surface area (Å²) >= 11 is 0. The molecule has 0 saturated carbocycles. The lowest BCUT2D eigenvalue weighted by molar-refractivity contribution is -0.0500. The number of rotatable bonds is 3. The van der Waals surface area contributed by atoms with Crippen LogP contribution in [0.25, 0.3) is 0 Å². The molecule has 1 rings (SSSR count). The Bertz CT molecular complexity index is 457. The van der Waals surface area contributed by atoms with E-state index in [2.05, 4.69) is 4.74 Å². The fourth-order valence-electron chi connectivity index (χ4n) is 0.855. The molecule has 0 spiro atoms. The molecule has 15 heavy (non-hydrogen) atoms. The molecule has 0 fully saturated rings. The fourth-order valence-corrected chi connectivity index (χ4v) is 1.38. The van der Waals surface area contributed by atoms with Crippen molar-refractivity contribution >= 4 is 10.2 Å². The van der Waals surface area contributed by atoms with Crippen molar-refractivity contribution in [1.29, 1.82) is 0 Å². The first-order valence-corrected chi connectivity index (χ1v) is 4.88. The van der Waals surface area contributed by atoms with Gasteiger partial charge < -0.3 is 4.74 Å². The zero-order chi connectivity index (χ0) is 11.6. The summed E-state index contributed by atoms with van der Waals surface area (Å²) in [6.07, 6.45) is 0. The Labute approximate surface area is 82.5 Å². The molecule has 1 aromatic rings. The Morgan fingerprint density at radius 2 is 1.87 bits per heavy atom. The van der Waals surface area contributed by atoms with E-state index in [1.165, 1.54) is 0 Å². The van der Waals surface area contributed by atoms with E-state index in [1.54, 1.807) is 0 Å². The number of benzene rings is 1. The SMILES string of the molecule is O=S(=O)(F)c1ccc(OC(F)F)cc1F. The third kappa shape index (κ3) is 3.08. The predicted molar refractivity (Wildman–Crippen MR) is 41.3 cm³/mol. The summed E-state index contributed by atoms with van der Waals surface area (Å²) in [5.74, 6) is -2.08. The molecule has 0 N–H and O–H groups in total. The van der Waals surface area contributed by atoms with Crippen LogP contribution in [0.15, 0.2) is 23.1 Å². The van der Waals surface area contributed by atoms with Gasteiger partial charge in [0.2, 0.25) is 0 Å². The van der Waals surface area contributed by atoms with Crippen molar-refractivity contribution in [2.24, 2.45) is 0 Å². The van der Waals surface area contributed by atoms with E-state index in [0.717, 1.165) is 6.07 Å². The van der Waals surface area contributed by atoms with Gasteiger partial charge in [0, 0.05) is 6.07 Å². The van der Waals surface area contributed by atoms with Crippen LogP contribution in [-0.2, 0) is 10.2 Å². The Balaban J connectivity index is 3.09. The minimum atomic E-state index is -5.20. The van der Waals surface area contributed by atoms with Crippen molar-refractivity contribution in [2.75, 3.05) is 0 Å². The lowest BCUT2D eigenvalue weighted by Crippen LogP contribution is -2.03. The highest BCUT2D eigenvalue weighted by atomic mass is 32.3. The Hall–Kier alpha value is -1.31. The number of halogens is 4. The van der Waals surface area contributed by atoms with Crippen molar-refractivity contribution in [3.63, 3.8) is 0 Å². The summed E-state index contributed by atoms with van der Waals surface area (Å²) in [5.41, 5.74) is 0. The quantitative estimate of drug-likeness (QED) is 0.604. The molecule has 0 aliphatic rings. The first kappa shape index (κ1) is 11.8. The molecular weight excluding hydrogens is 240 g/mol. The van der Waals surface area contributed by atoms with Crippen LogP contribution in [0.3, 0.4) is 0 Å². The summed E-state index contributed by atoms with van der Waals surface area (Å²) in [7, 11) is -5.20. The van der Waals surface area contributed by atoms with Crippen LogP contribution in [0, 0.1) is 5.82 Å². The van der Waals surface area contributed by atoms with Crippen LogP contribution < -0.4 is 4.74 Å². The molecule has 1 aromatic carbocycles. The highest BCUT2D eigenvalue weighted by Crippen LogP contribution is 2.22. The molecule has 0 bridgehead atoms. The van der Waals surface area contributed by atoms with Gasteiger partial charge in [0.15, 0.2) is 0 Å². The molecule has 0 heterocycles. The largest absolute Gasteiger partial charge is 0.435 e. The highest BCUT2D eigenvalue weighted by Gasteiger charge is 2.18. The maximum Gasteiger partial charge on any atom is 0.387 e. The second-order valence-electron chi connectivity index (χ2n) is 2.41. The first-order valence-electron chi connectivity index (χ1n) is 3.50. The summed E-state index contributed by atoms with van der Waals surface area (Å²) in [6.45, 7) is -3.17. The number of alkyl halides is 2. The topological polar surface area (TPSA) is 43.4 Å². The summed E-state index contributed by atoms with van der Waals surface area (Å²) in [6, 6.07) is 1.59. The smallest absolute Gasteiger partial charge is 0.387 e. The van der Waals surface area contributed by atoms with E-state index in [0.29, 0.717) is 12.1 Å². The van der Waals surface area contributed by atoms with Gasteiger partial charge in [-0.1, -0.05) is 0 Å². The molecule has 8 heteroatoms. The second-order valence-corrected chi connectivity index (χ2v) is 3.72. The minimum absolute atomic E-state index is 0.360. The molecule has 3 nitrogen and oxygen atoms in total. The summed E-state index contributed by atoms with van der Waals surface area (Å²) < 4.78 is 72.8. The van der Waals surface area contributed by atoms with Crippen LogP contribution in [0.4, 0.5) is 17.1 Å². The monoisotopic (exact) mass is 244 g/mol. The van der Waals surface area contributed by atoms with Crippen molar-refractivity contribution in [3.05, 3.63) is 24.0 Å². The third-order valence-electron chi connectivity index (χ3n) is 1.39. The van der Waals surface area contributed by atoms with Gasteiger partial charge in [-0.3, -0.25) is 0 Å². The van der Waals surface area contributed by atoms with Gasteiger partial charge in [-0.2, -0.15) is 17.2 Å². The van der Waals surface area contributed by atoms with Gasteiger partial charge in [0.05, 0.1) is 0 Å². The average molecular weight is 244 g/mol. The highest BCUT2D eigenvalue weighted by molar-refractivity contribution is 7.86. The average Bonchev–Trinajstić information content (AvgIpc) is 1.99. The van der Waals surface area contributed by atoms with Gasteiger partial charge in [0.1, 0.15) is 16.5 Å². The fraction of sp³-hybridized carbons (Fsp3) is 0.143. The zero-order valence-corrected chi connectivity index (χ0v) is 7.77. The van der Waals surface area contributed by atoms with Gasteiger partial charge in [0.25, 0.3) is 0 Å². The minimum Gasteiger partial charge on any atom is -0.435 e. The Morgan fingerprint density at radius 1 is 1.27 bits per heavy atom. The number of hydrogen-bond acceptors (Lipinski definition) is 3. The van der Waals surface area contributed by atoms with Crippen LogP contribution >= 0.6 is 0 Å². The van der Waals surface area contributed by atoms with Crippen LogP contribution in [0.2, 0.25) is 0 Å². The third-order valence-corrected chi connectivity index (χ3v) is 2.25. The van der Waals surface area contributed by atoms with E-state index < -0.39 is 33.3 Å². The normalized spacial score (nSPS) is 11.8. The van der Waals surface area contributed by atoms with E-state index in [4.69, 9.17) is 0 Å². The van der Waals surface area contributed by atoms with E-state index in [-0.39, 0.29) is 0 Å². The first-order chi connectivity index (χ1) is 6.80. The van der Waals surface area contributed by atoms with E-state index >= 15 is 0 Å². The standard InChI is InChI=1S/C7H4F4O3S/c8-5-3-4(14-7(9)10)1-2-6(5)15(11,12)13/h1-3,7H. The van der Waals surface area contributed by atoms with Gasteiger partial charge in [-0.05, 0) is 12.1 Å². The molecular formula is C7H4F4O3S. The van der Waals surface area contributed by atoms with Crippen molar-refractivity contribution in [2.45, 2.75) is 11.5 Å². The van der Waals surface area contributed by atoms with Crippen molar-refractivity contribution in [3.8, 4) is 5.75 Å². The molecule has 0 radical (unpaired) electrons. The van der Waals surface area contributed by atoms with Crippen molar-refractivity contribution in [1.82, 2.24) is 0 Å². The Kier molecular flexibility index (Phi) is 3.18.